The van der Waals surface area contributed by atoms with Crippen molar-refractivity contribution >= 4 is 11.5 Å². The zero-order chi connectivity index (χ0) is 18.7. The zero-order valence-electron chi connectivity index (χ0n) is 15.5. The number of carbonyl (C=O) groups is 1. The minimum Gasteiger partial charge on any atom is -0.493 e. The van der Waals surface area contributed by atoms with Crippen LogP contribution in [0.25, 0.3) is 5.57 Å². The molecule has 0 unspecified atom stereocenters. The highest BCUT2D eigenvalue weighted by atomic mass is 16.5. The number of allylic oxidation sites excluding steroid dienone is 1. The maximum atomic E-state index is 13.2. The van der Waals surface area contributed by atoms with Gasteiger partial charge < -0.3 is 14.2 Å². The smallest absolute Gasteiger partial charge is 0.321 e. The molecule has 4 nitrogen and oxygen atoms in total. The molecule has 3 rings (SSSR count). The first-order chi connectivity index (χ1) is 12.6. The Morgan fingerprint density at radius 1 is 1.12 bits per heavy atom. The highest BCUT2D eigenvalue weighted by Crippen LogP contribution is 2.50. The van der Waals surface area contributed by atoms with Gasteiger partial charge in [0.1, 0.15) is 5.41 Å². The Balaban J connectivity index is 2.33. The topological polar surface area (TPSA) is 44.8 Å². The lowest BCUT2D eigenvalue weighted by atomic mass is 9.64. The van der Waals surface area contributed by atoms with Crippen LogP contribution in [0, 0.1) is 0 Å². The number of carbonyl (C=O) groups excluding carboxylic acids is 1. The average Bonchev–Trinajstić information content (AvgIpc) is 2.68. The molecule has 0 amide bonds. The van der Waals surface area contributed by atoms with Crippen LogP contribution in [0.3, 0.4) is 0 Å². The Bertz CT molecular complexity index is 826. The SMILES string of the molecule is C=C1CC[C@@](C(=O)OCC)(c2ccccc2)c2cc(OC)c(OC)cc21. The number of methoxy groups -OCH3 is 2. The van der Waals surface area contributed by atoms with Crippen LogP contribution in [0.1, 0.15) is 36.5 Å². The van der Waals surface area contributed by atoms with Crippen molar-refractivity contribution in [1.82, 2.24) is 0 Å². The molecule has 0 fully saturated rings. The molecule has 1 aliphatic rings. The van der Waals surface area contributed by atoms with Crippen LogP contribution in [-0.2, 0) is 14.9 Å². The van der Waals surface area contributed by atoms with Crippen LogP contribution in [0.15, 0.2) is 49.0 Å². The fourth-order valence-corrected chi connectivity index (χ4v) is 3.74. The van der Waals surface area contributed by atoms with Crippen molar-refractivity contribution in [2.45, 2.75) is 25.2 Å². The molecule has 0 aromatic heterocycles. The van der Waals surface area contributed by atoms with Crippen LogP contribution < -0.4 is 9.47 Å². The summed E-state index contributed by atoms with van der Waals surface area (Å²) in [6.45, 7) is 6.36. The number of benzene rings is 2. The van der Waals surface area contributed by atoms with Gasteiger partial charge in [0.25, 0.3) is 0 Å². The van der Waals surface area contributed by atoms with E-state index < -0.39 is 5.41 Å². The third kappa shape index (κ3) is 2.75. The van der Waals surface area contributed by atoms with Gasteiger partial charge in [-0.1, -0.05) is 36.9 Å². The second kappa shape index (κ2) is 7.24. The molecule has 0 heterocycles. The molecule has 1 aliphatic carbocycles. The van der Waals surface area contributed by atoms with E-state index in [1.807, 2.05) is 49.4 Å². The van der Waals surface area contributed by atoms with E-state index in [9.17, 15) is 4.79 Å². The Hall–Kier alpha value is -2.75. The molecule has 2 aromatic rings. The molecule has 136 valence electrons. The van der Waals surface area contributed by atoms with E-state index in [-0.39, 0.29) is 5.97 Å². The number of hydrogen-bond acceptors (Lipinski definition) is 4. The van der Waals surface area contributed by atoms with Crippen molar-refractivity contribution < 1.29 is 19.0 Å². The summed E-state index contributed by atoms with van der Waals surface area (Å²) in [5.74, 6) is 0.970. The van der Waals surface area contributed by atoms with Gasteiger partial charge in [-0.15, -0.1) is 0 Å². The third-order valence-corrected chi connectivity index (χ3v) is 5.06. The summed E-state index contributed by atoms with van der Waals surface area (Å²) < 4.78 is 16.5. The molecule has 0 radical (unpaired) electrons. The third-order valence-electron chi connectivity index (χ3n) is 5.06. The predicted octanol–water partition coefficient (Wildman–Crippen LogP) is 4.36. The van der Waals surface area contributed by atoms with Gasteiger partial charge >= 0.3 is 5.97 Å². The van der Waals surface area contributed by atoms with Crippen LogP contribution in [0.5, 0.6) is 11.5 Å². The van der Waals surface area contributed by atoms with Crippen molar-refractivity contribution in [2.75, 3.05) is 20.8 Å². The first-order valence-corrected chi connectivity index (χ1v) is 8.75. The van der Waals surface area contributed by atoms with Gasteiger partial charge in [-0.3, -0.25) is 4.79 Å². The van der Waals surface area contributed by atoms with E-state index in [0.29, 0.717) is 30.9 Å². The largest absolute Gasteiger partial charge is 0.493 e. The van der Waals surface area contributed by atoms with Crippen LogP contribution in [0.4, 0.5) is 0 Å². The monoisotopic (exact) mass is 352 g/mol. The van der Waals surface area contributed by atoms with E-state index in [0.717, 1.165) is 22.3 Å². The van der Waals surface area contributed by atoms with E-state index in [1.165, 1.54) is 0 Å². The summed E-state index contributed by atoms with van der Waals surface area (Å²) >= 11 is 0. The quantitative estimate of drug-likeness (QED) is 0.750. The summed E-state index contributed by atoms with van der Waals surface area (Å²) in [7, 11) is 3.20. The summed E-state index contributed by atoms with van der Waals surface area (Å²) in [6, 6.07) is 13.6. The normalized spacial score (nSPS) is 18.8. The first kappa shape index (κ1) is 18.1. The van der Waals surface area contributed by atoms with Crippen molar-refractivity contribution in [2.24, 2.45) is 0 Å². The molecule has 1 atom stereocenters. The van der Waals surface area contributed by atoms with Crippen molar-refractivity contribution in [3.63, 3.8) is 0 Å². The predicted molar refractivity (Wildman–Crippen MR) is 102 cm³/mol. The lowest BCUT2D eigenvalue weighted by molar-refractivity contribution is -0.148. The molecule has 2 aromatic carbocycles. The Morgan fingerprint density at radius 2 is 1.77 bits per heavy atom. The maximum absolute atomic E-state index is 13.2. The molecule has 0 saturated carbocycles. The van der Waals surface area contributed by atoms with Gasteiger partial charge in [0, 0.05) is 0 Å². The van der Waals surface area contributed by atoms with Crippen LogP contribution in [-0.4, -0.2) is 26.8 Å². The Kier molecular flexibility index (Phi) is 5.03. The molecule has 26 heavy (non-hydrogen) atoms. The fourth-order valence-electron chi connectivity index (χ4n) is 3.74. The summed E-state index contributed by atoms with van der Waals surface area (Å²) in [5.41, 5.74) is 2.80. The van der Waals surface area contributed by atoms with Gasteiger partial charge in [0.15, 0.2) is 11.5 Å². The average molecular weight is 352 g/mol. The number of esters is 1. The lowest BCUT2D eigenvalue weighted by Crippen LogP contribution is -2.41. The number of fused-ring (bicyclic) bond motifs is 1. The van der Waals surface area contributed by atoms with E-state index >= 15 is 0 Å². The van der Waals surface area contributed by atoms with Crippen LogP contribution >= 0.6 is 0 Å². The minimum atomic E-state index is -0.882. The number of hydrogen-bond donors (Lipinski definition) is 0. The highest BCUT2D eigenvalue weighted by molar-refractivity contribution is 5.92. The van der Waals surface area contributed by atoms with Crippen molar-refractivity contribution in [3.05, 3.63) is 65.7 Å². The molecule has 4 heteroatoms. The molecule has 0 saturated heterocycles. The van der Waals surface area contributed by atoms with Gasteiger partial charge in [0.05, 0.1) is 20.8 Å². The second-order valence-corrected chi connectivity index (χ2v) is 6.35. The van der Waals surface area contributed by atoms with Gasteiger partial charge in [-0.2, -0.15) is 0 Å². The summed E-state index contributed by atoms with van der Waals surface area (Å²) in [5, 5.41) is 0. The molecular formula is C22H24O4. The molecule has 0 N–H and O–H groups in total. The molecular weight excluding hydrogens is 328 g/mol. The number of ether oxygens (including phenoxy) is 3. The minimum absolute atomic E-state index is 0.243. The summed E-state index contributed by atoms with van der Waals surface area (Å²) in [6.07, 6.45) is 1.31. The zero-order valence-corrected chi connectivity index (χ0v) is 15.5. The Morgan fingerprint density at radius 3 is 2.38 bits per heavy atom. The van der Waals surface area contributed by atoms with E-state index in [4.69, 9.17) is 14.2 Å². The molecule has 0 spiro atoms. The van der Waals surface area contributed by atoms with Gasteiger partial charge in [-0.05, 0) is 54.2 Å². The van der Waals surface area contributed by atoms with Crippen LogP contribution in [0.2, 0.25) is 0 Å². The maximum Gasteiger partial charge on any atom is 0.321 e. The fraction of sp³-hybridized carbons (Fsp3) is 0.318. The Labute approximate surface area is 154 Å². The van der Waals surface area contributed by atoms with E-state index in [2.05, 4.69) is 6.58 Å². The standard InChI is InChI=1S/C22H24O4/c1-5-26-21(23)22(16-9-7-6-8-10-16)12-11-15(2)17-13-19(24-3)20(25-4)14-18(17)22/h6-10,13-14H,2,5,11-12H2,1,3-4H3/t22-/m1/s1. The molecule has 0 bridgehead atoms. The summed E-state index contributed by atoms with van der Waals surface area (Å²) in [4.78, 5) is 13.2. The van der Waals surface area contributed by atoms with Gasteiger partial charge in [-0.25, -0.2) is 0 Å². The first-order valence-electron chi connectivity index (χ1n) is 8.75. The molecule has 0 aliphatic heterocycles. The lowest BCUT2D eigenvalue weighted by Gasteiger charge is -2.38. The van der Waals surface area contributed by atoms with Crippen molar-refractivity contribution in [3.8, 4) is 11.5 Å². The van der Waals surface area contributed by atoms with Crippen molar-refractivity contribution in [1.29, 1.82) is 0 Å². The second-order valence-electron chi connectivity index (χ2n) is 6.35. The number of rotatable bonds is 5. The van der Waals surface area contributed by atoms with E-state index in [1.54, 1.807) is 14.2 Å². The van der Waals surface area contributed by atoms with Gasteiger partial charge in [0.2, 0.25) is 0 Å². The highest BCUT2D eigenvalue weighted by Gasteiger charge is 2.47.